The first-order valence-corrected chi connectivity index (χ1v) is 28.4. The van der Waals surface area contributed by atoms with Gasteiger partial charge in [-0.2, -0.15) is 10.5 Å². The van der Waals surface area contributed by atoms with E-state index in [0.717, 1.165) is 83.5 Å². The number of aromatic nitrogens is 2. The molecule has 2 aliphatic heterocycles. The third kappa shape index (κ3) is 7.55. The number of hydrogen-bond acceptors (Lipinski definition) is 3. The number of hydrogen-bond donors (Lipinski definition) is 0. The highest BCUT2D eigenvalue weighted by molar-refractivity contribution is 6.96. The van der Waals surface area contributed by atoms with Crippen LogP contribution < -0.4 is 21.3 Å². The minimum absolute atomic E-state index is 0.0303. The SMILES string of the molecule is CN1c2cc(-n3c4ccc(C(C)(C)C)cc4c4cc(C(C)(C)C)ccc43)ccc2C2(c3ccc(C#N)cc3B(c3ccccc3)c3cc(C#N)ccc32)c2ccc(-n3c4ccc(C(C)(C)C)cc4c4cc(C(C)(C)C)ccc43)cc21. The highest BCUT2D eigenvalue weighted by Gasteiger charge is 2.52. The standard InChI is InChI=1S/C74H68BN5/c1-70(2,3)47-21-31-64-54(37-47)55-38-48(71(4,5)6)22-32-65(55)79(64)52-25-29-60-68(41-52)78(13)69-42-53(80-66-33-23-49(72(7,8)9)39-56(66)57-40-50(73(10,11)12)24-34-67(57)80)26-30-61(69)74(60)58-27-19-45(43-76)35-62(58)75(51-17-15-14-16-18-51)63-36-46(44-77)20-28-59(63)74/h14-42H,1-13H3. The molecular weight excluding hydrogens is 970 g/mol. The summed E-state index contributed by atoms with van der Waals surface area (Å²) in [5, 5.41) is 26.3. The third-order valence-electron chi connectivity index (χ3n) is 17.9. The summed E-state index contributed by atoms with van der Waals surface area (Å²) in [5.41, 5.74) is 22.2. The predicted octanol–water partition coefficient (Wildman–Crippen LogP) is 16.1. The fourth-order valence-corrected chi connectivity index (χ4v) is 13.6. The van der Waals surface area contributed by atoms with Gasteiger partial charge < -0.3 is 14.0 Å². The molecule has 80 heavy (non-hydrogen) atoms. The first kappa shape index (κ1) is 50.9. The molecule has 0 unspecified atom stereocenters. The van der Waals surface area contributed by atoms with Crippen LogP contribution in [0.4, 0.5) is 11.4 Å². The number of fused-ring (bicyclic) bond motifs is 14. The summed E-state index contributed by atoms with van der Waals surface area (Å²) in [7, 11) is 2.24. The van der Waals surface area contributed by atoms with E-state index in [1.807, 2.05) is 12.1 Å². The van der Waals surface area contributed by atoms with Crippen molar-refractivity contribution in [3.05, 3.63) is 232 Å². The van der Waals surface area contributed by atoms with Crippen molar-refractivity contribution in [1.82, 2.24) is 9.13 Å². The number of benzene rings is 9. The minimum Gasteiger partial charge on any atom is -0.344 e. The molecule has 11 aromatic rings. The molecule has 4 heterocycles. The van der Waals surface area contributed by atoms with Crippen LogP contribution in [0.15, 0.2) is 176 Å². The Labute approximate surface area is 472 Å². The molecule has 0 bridgehead atoms. The Bertz CT molecular complexity index is 4090. The minimum atomic E-state index is -0.875. The Morgan fingerprint density at radius 3 is 1.04 bits per heavy atom. The number of rotatable bonds is 3. The summed E-state index contributed by atoms with van der Waals surface area (Å²) in [6.07, 6.45) is 0. The molecule has 0 saturated heterocycles. The van der Waals surface area contributed by atoms with Crippen molar-refractivity contribution in [3.63, 3.8) is 0 Å². The van der Waals surface area contributed by atoms with Crippen LogP contribution in [0.25, 0.3) is 55.0 Å². The van der Waals surface area contributed by atoms with Gasteiger partial charge >= 0.3 is 0 Å². The molecule has 0 saturated carbocycles. The third-order valence-corrected chi connectivity index (χ3v) is 17.9. The summed E-state index contributed by atoms with van der Waals surface area (Å²) in [4.78, 5) is 2.42. The maximum Gasteiger partial charge on any atom is 0.242 e. The number of nitrogens with zero attached hydrogens (tertiary/aromatic N) is 5. The lowest BCUT2D eigenvalue weighted by Crippen LogP contribution is -2.62. The van der Waals surface area contributed by atoms with Gasteiger partial charge in [0.2, 0.25) is 6.71 Å². The van der Waals surface area contributed by atoms with Gasteiger partial charge in [0.05, 0.1) is 50.7 Å². The van der Waals surface area contributed by atoms with Crippen LogP contribution in [0.3, 0.4) is 0 Å². The fraction of sp³-hybridized carbons (Fsp3) is 0.243. The van der Waals surface area contributed by atoms with Gasteiger partial charge in [0.25, 0.3) is 0 Å². The maximum absolute atomic E-state index is 10.7. The molecule has 0 aliphatic carbocycles. The van der Waals surface area contributed by atoms with Crippen molar-refractivity contribution < 1.29 is 0 Å². The summed E-state index contributed by atoms with van der Waals surface area (Å²) in [6, 6.07) is 70.8. The molecule has 0 N–H and O–H groups in total. The second-order valence-corrected chi connectivity index (χ2v) is 27.0. The highest BCUT2D eigenvalue weighted by Crippen LogP contribution is 2.57. The van der Waals surface area contributed by atoms with Gasteiger partial charge in [-0.1, -0.05) is 178 Å². The largest absolute Gasteiger partial charge is 0.344 e. The van der Waals surface area contributed by atoms with Crippen molar-refractivity contribution >= 4 is 78.1 Å². The molecule has 2 aromatic heterocycles. The van der Waals surface area contributed by atoms with Gasteiger partial charge in [-0.25, -0.2) is 0 Å². The Morgan fingerprint density at radius 2 is 0.713 bits per heavy atom. The van der Waals surface area contributed by atoms with E-state index in [9.17, 15) is 10.5 Å². The maximum atomic E-state index is 10.7. The molecule has 0 radical (unpaired) electrons. The summed E-state index contributed by atoms with van der Waals surface area (Å²) in [6.45, 7) is 27.3. The molecule has 392 valence electrons. The van der Waals surface area contributed by atoms with Crippen molar-refractivity contribution in [2.45, 2.75) is 110 Å². The van der Waals surface area contributed by atoms with Crippen molar-refractivity contribution in [2.24, 2.45) is 0 Å². The van der Waals surface area contributed by atoms with Gasteiger partial charge in [0, 0.05) is 51.3 Å². The molecule has 1 spiro atoms. The second-order valence-electron chi connectivity index (χ2n) is 27.0. The number of nitriles is 2. The average Bonchev–Trinajstić information content (AvgIpc) is 3.38. The van der Waals surface area contributed by atoms with E-state index in [1.54, 1.807) is 0 Å². The lowest BCUT2D eigenvalue weighted by molar-refractivity contribution is 0.590. The van der Waals surface area contributed by atoms with Gasteiger partial charge in [0.15, 0.2) is 0 Å². The summed E-state index contributed by atoms with van der Waals surface area (Å²) >= 11 is 0. The zero-order valence-corrected chi connectivity index (χ0v) is 48.6. The molecular formula is C74H68BN5. The lowest BCUT2D eigenvalue weighted by atomic mass is 9.30. The van der Waals surface area contributed by atoms with E-state index in [0.29, 0.717) is 11.1 Å². The van der Waals surface area contributed by atoms with Gasteiger partial charge in [-0.05, 0) is 163 Å². The molecule has 9 aromatic carbocycles. The molecule has 0 amide bonds. The van der Waals surface area contributed by atoms with Gasteiger partial charge in [0.1, 0.15) is 0 Å². The van der Waals surface area contributed by atoms with E-state index in [1.165, 1.54) is 43.8 Å². The molecule has 2 aliphatic rings. The quantitative estimate of drug-likeness (QED) is 0.166. The Hall–Kier alpha value is -8.58. The van der Waals surface area contributed by atoms with Crippen LogP contribution in [0.1, 0.15) is 139 Å². The predicted molar refractivity (Wildman–Crippen MR) is 337 cm³/mol. The van der Waals surface area contributed by atoms with E-state index in [-0.39, 0.29) is 28.4 Å². The van der Waals surface area contributed by atoms with Crippen molar-refractivity contribution in [3.8, 4) is 23.5 Å². The smallest absolute Gasteiger partial charge is 0.242 e. The van der Waals surface area contributed by atoms with Crippen LogP contribution >= 0.6 is 0 Å². The Balaban J connectivity index is 1.14. The molecule has 5 nitrogen and oxygen atoms in total. The summed E-state index contributed by atoms with van der Waals surface area (Å²) in [5.74, 6) is 0. The van der Waals surface area contributed by atoms with E-state index in [4.69, 9.17) is 0 Å². The van der Waals surface area contributed by atoms with E-state index < -0.39 is 5.41 Å². The lowest BCUT2D eigenvalue weighted by Gasteiger charge is -2.50. The normalized spacial score (nSPS) is 14.1. The van der Waals surface area contributed by atoms with Gasteiger partial charge in [-0.15, -0.1) is 0 Å². The fourth-order valence-electron chi connectivity index (χ4n) is 13.6. The van der Waals surface area contributed by atoms with Crippen molar-refractivity contribution in [2.75, 3.05) is 11.9 Å². The van der Waals surface area contributed by atoms with Gasteiger partial charge in [-0.3, -0.25) is 0 Å². The van der Waals surface area contributed by atoms with Crippen LogP contribution in [0, 0.1) is 22.7 Å². The monoisotopic (exact) mass is 1040 g/mol. The average molecular weight is 1040 g/mol. The second kappa shape index (κ2) is 17.5. The first-order valence-electron chi connectivity index (χ1n) is 28.4. The molecule has 0 fully saturated rings. The van der Waals surface area contributed by atoms with Crippen molar-refractivity contribution in [1.29, 1.82) is 10.5 Å². The summed E-state index contributed by atoms with van der Waals surface area (Å²) < 4.78 is 4.94. The highest BCUT2D eigenvalue weighted by atomic mass is 15.1. The Kier molecular flexibility index (Phi) is 11.1. The van der Waals surface area contributed by atoms with Crippen LogP contribution in [-0.2, 0) is 27.1 Å². The van der Waals surface area contributed by atoms with E-state index >= 15 is 0 Å². The Morgan fingerprint density at radius 1 is 0.375 bits per heavy atom. The molecule has 0 atom stereocenters. The topological polar surface area (TPSA) is 60.7 Å². The molecule has 13 rings (SSSR count). The zero-order chi connectivity index (χ0) is 56.2. The number of anilines is 2. The van der Waals surface area contributed by atoms with E-state index in [2.05, 4.69) is 280 Å². The van der Waals surface area contributed by atoms with Crippen LogP contribution in [0.5, 0.6) is 0 Å². The first-order chi connectivity index (χ1) is 38.0. The zero-order valence-electron chi connectivity index (χ0n) is 48.6. The van der Waals surface area contributed by atoms with Crippen LogP contribution in [0.2, 0.25) is 0 Å². The molecule has 6 heteroatoms. The van der Waals surface area contributed by atoms with Crippen LogP contribution in [-0.4, -0.2) is 22.9 Å².